The smallest absolute Gasteiger partial charge is 0.395 e. The number of morpholine rings is 1. The molecule has 0 aliphatic carbocycles. The van der Waals surface area contributed by atoms with Gasteiger partial charge in [-0.25, -0.2) is 4.98 Å². The van der Waals surface area contributed by atoms with Crippen LogP contribution in [0.2, 0.25) is 0 Å². The van der Waals surface area contributed by atoms with Gasteiger partial charge in [0.1, 0.15) is 0 Å². The van der Waals surface area contributed by atoms with Gasteiger partial charge in [0.2, 0.25) is 0 Å². The predicted octanol–water partition coefficient (Wildman–Crippen LogP) is 5.07. The van der Waals surface area contributed by atoms with Gasteiger partial charge in [0.25, 0.3) is 0 Å². The van der Waals surface area contributed by atoms with E-state index in [2.05, 4.69) is 43.9 Å². The largest absolute Gasteiger partial charge is 0.586 e. The second kappa shape index (κ2) is 7.75. The first-order valence-corrected chi connectivity index (χ1v) is 11.5. The van der Waals surface area contributed by atoms with Crippen LogP contribution in [0.4, 0.5) is 8.78 Å². The number of thiophene rings is 1. The van der Waals surface area contributed by atoms with Gasteiger partial charge in [0, 0.05) is 51.6 Å². The third kappa shape index (κ3) is 3.64. The summed E-state index contributed by atoms with van der Waals surface area (Å²) in [6, 6.07) is 11.3. The molecule has 4 aromatic rings. The van der Waals surface area contributed by atoms with Crippen LogP contribution in [0.3, 0.4) is 0 Å². The third-order valence-corrected chi connectivity index (χ3v) is 7.33. The van der Waals surface area contributed by atoms with E-state index < -0.39 is 6.29 Å². The number of nitrogens with one attached hydrogen (secondary N) is 1. The van der Waals surface area contributed by atoms with Gasteiger partial charge in [-0.1, -0.05) is 6.07 Å². The van der Waals surface area contributed by atoms with Crippen molar-refractivity contribution in [1.29, 1.82) is 0 Å². The molecule has 6 rings (SSSR count). The average Bonchev–Trinajstić information content (AvgIpc) is 3.54. The maximum Gasteiger partial charge on any atom is 0.586 e. The van der Waals surface area contributed by atoms with E-state index in [0.717, 1.165) is 42.1 Å². The summed E-state index contributed by atoms with van der Waals surface area (Å²) in [7, 11) is 0. The van der Waals surface area contributed by atoms with E-state index in [9.17, 15) is 8.78 Å². The highest BCUT2D eigenvalue weighted by molar-refractivity contribution is 7.15. The van der Waals surface area contributed by atoms with E-state index in [1.807, 2.05) is 6.07 Å². The summed E-state index contributed by atoms with van der Waals surface area (Å²) < 4.78 is 42.2. The Kier molecular flexibility index (Phi) is 4.82. The van der Waals surface area contributed by atoms with E-state index in [4.69, 9.17) is 9.47 Å². The lowest BCUT2D eigenvalue weighted by atomic mass is 10.1. The number of alkyl halides is 2. The Labute approximate surface area is 191 Å². The number of H-pyrrole nitrogens is 1. The van der Waals surface area contributed by atoms with Gasteiger partial charge in [0.15, 0.2) is 17.1 Å². The van der Waals surface area contributed by atoms with Crippen molar-refractivity contribution in [3.8, 4) is 33.2 Å². The Morgan fingerprint density at radius 3 is 2.85 bits per heavy atom. The second-order valence-corrected chi connectivity index (χ2v) is 9.14. The number of fused-ring (bicyclic) bond motifs is 2. The minimum atomic E-state index is -3.69. The molecule has 3 aromatic heterocycles. The lowest BCUT2D eigenvalue weighted by Gasteiger charge is -2.31. The number of aromatic amines is 1. The molecule has 170 valence electrons. The molecule has 10 heteroatoms. The highest BCUT2D eigenvalue weighted by atomic mass is 32.1. The zero-order chi connectivity index (χ0) is 22.6. The summed E-state index contributed by atoms with van der Waals surface area (Å²) in [6.45, 7) is 5.58. The van der Waals surface area contributed by atoms with Crippen molar-refractivity contribution >= 4 is 22.4 Å². The highest BCUT2D eigenvalue weighted by Gasteiger charge is 2.44. The van der Waals surface area contributed by atoms with Gasteiger partial charge < -0.3 is 14.2 Å². The number of aromatic nitrogens is 3. The first kappa shape index (κ1) is 20.5. The zero-order valence-corrected chi connectivity index (χ0v) is 18.5. The summed E-state index contributed by atoms with van der Waals surface area (Å²) in [5.41, 5.74) is 2.43. The molecule has 0 amide bonds. The molecule has 1 saturated heterocycles. The van der Waals surface area contributed by atoms with Gasteiger partial charge >= 0.3 is 6.29 Å². The molecule has 7 nitrogen and oxygen atoms in total. The third-order valence-electron chi connectivity index (χ3n) is 6.02. The van der Waals surface area contributed by atoms with E-state index in [1.54, 1.807) is 29.7 Å². The number of para-hydroxylation sites is 1. The molecule has 33 heavy (non-hydrogen) atoms. The van der Waals surface area contributed by atoms with Crippen molar-refractivity contribution < 1.29 is 23.0 Å². The Balaban J connectivity index is 1.36. The van der Waals surface area contributed by atoms with E-state index in [1.165, 1.54) is 10.9 Å². The molecule has 1 N–H and O–H groups in total. The van der Waals surface area contributed by atoms with Gasteiger partial charge in [-0.2, -0.15) is 5.10 Å². The average molecular weight is 471 g/mol. The number of pyridine rings is 1. The molecule has 0 saturated carbocycles. The topological polar surface area (TPSA) is 72.5 Å². The molecule has 1 unspecified atom stereocenters. The molecule has 2 aliphatic heterocycles. The Hall–Kier alpha value is -3.08. The number of hydrogen-bond donors (Lipinski definition) is 1. The number of hydrogen-bond acceptors (Lipinski definition) is 7. The Morgan fingerprint density at radius 1 is 1.15 bits per heavy atom. The van der Waals surface area contributed by atoms with Crippen LogP contribution in [0.15, 0.2) is 42.6 Å². The number of benzene rings is 1. The van der Waals surface area contributed by atoms with Gasteiger partial charge in [-0.3, -0.25) is 10.00 Å². The van der Waals surface area contributed by atoms with Crippen LogP contribution in [0, 0.1) is 0 Å². The van der Waals surface area contributed by atoms with Crippen LogP contribution in [0.5, 0.6) is 11.5 Å². The summed E-state index contributed by atoms with van der Waals surface area (Å²) in [4.78, 5) is 9.26. The van der Waals surface area contributed by atoms with Crippen molar-refractivity contribution in [3.05, 3.63) is 47.5 Å². The Bertz CT molecular complexity index is 1330. The number of ether oxygens (including phenoxy) is 3. The molecule has 1 aromatic carbocycles. The van der Waals surface area contributed by atoms with Crippen molar-refractivity contribution in [2.75, 3.05) is 26.3 Å². The summed E-state index contributed by atoms with van der Waals surface area (Å²) in [5.74, 6) is -0.0273. The van der Waals surface area contributed by atoms with E-state index >= 15 is 0 Å². The van der Waals surface area contributed by atoms with Crippen molar-refractivity contribution in [2.24, 2.45) is 0 Å². The number of halogens is 2. The van der Waals surface area contributed by atoms with Crippen molar-refractivity contribution in [1.82, 2.24) is 20.1 Å². The first-order valence-electron chi connectivity index (χ1n) is 10.6. The standard InChI is InChI=1S/C23H20F2N4O3S/c1-13(29-7-9-30-10-8-29)18-5-6-19(33-18)14-11-16-20(27-28-22(16)26-12-14)15-3-2-4-17-21(15)32-23(24,25)31-17/h2-6,11-13H,7-10H2,1H3,(H,26,27,28). The lowest BCUT2D eigenvalue weighted by molar-refractivity contribution is -0.286. The van der Waals surface area contributed by atoms with Crippen LogP contribution < -0.4 is 9.47 Å². The molecule has 1 fully saturated rings. The Morgan fingerprint density at radius 2 is 2.00 bits per heavy atom. The molecule has 1 atom stereocenters. The van der Waals surface area contributed by atoms with E-state index in [0.29, 0.717) is 22.9 Å². The summed E-state index contributed by atoms with van der Waals surface area (Å²) >= 11 is 1.72. The fourth-order valence-corrected chi connectivity index (χ4v) is 5.36. The van der Waals surface area contributed by atoms with Gasteiger partial charge in [0.05, 0.1) is 18.9 Å². The van der Waals surface area contributed by atoms with Crippen LogP contribution in [0.25, 0.3) is 32.7 Å². The lowest BCUT2D eigenvalue weighted by Crippen LogP contribution is -2.37. The van der Waals surface area contributed by atoms with Crippen LogP contribution in [-0.2, 0) is 4.74 Å². The minimum absolute atomic E-state index is 0.00985. The quantitative estimate of drug-likeness (QED) is 0.449. The fraction of sp³-hybridized carbons (Fsp3) is 0.304. The molecule has 2 aliphatic rings. The first-order chi connectivity index (χ1) is 16.0. The van der Waals surface area contributed by atoms with Gasteiger partial charge in [-0.15, -0.1) is 20.1 Å². The summed E-state index contributed by atoms with van der Waals surface area (Å²) in [6.07, 6.45) is -1.91. The molecule has 5 heterocycles. The fourth-order valence-electron chi connectivity index (χ4n) is 4.28. The molecular weight excluding hydrogens is 450 g/mol. The SMILES string of the molecule is CC(c1ccc(-c2cnc3n[nH]c(-c4cccc5c4OC(F)(F)O5)c3c2)s1)N1CCOCC1. The van der Waals surface area contributed by atoms with Crippen molar-refractivity contribution in [3.63, 3.8) is 0 Å². The highest BCUT2D eigenvalue weighted by Crippen LogP contribution is 2.48. The monoisotopic (exact) mass is 470 g/mol. The number of nitrogens with zero attached hydrogens (tertiary/aromatic N) is 3. The zero-order valence-electron chi connectivity index (χ0n) is 17.7. The van der Waals surface area contributed by atoms with Crippen LogP contribution in [0.1, 0.15) is 17.8 Å². The normalized spacial score (nSPS) is 18.6. The maximum absolute atomic E-state index is 13.7. The van der Waals surface area contributed by atoms with Crippen LogP contribution in [-0.4, -0.2) is 52.7 Å². The number of rotatable bonds is 4. The molecule has 0 bridgehead atoms. The molecule has 0 spiro atoms. The van der Waals surface area contributed by atoms with Crippen LogP contribution >= 0.6 is 11.3 Å². The van der Waals surface area contributed by atoms with Crippen molar-refractivity contribution in [2.45, 2.75) is 19.3 Å². The molecular formula is C23H20F2N4O3S. The maximum atomic E-state index is 13.7. The minimum Gasteiger partial charge on any atom is -0.395 e. The van der Waals surface area contributed by atoms with Gasteiger partial charge in [-0.05, 0) is 37.3 Å². The predicted molar refractivity (Wildman–Crippen MR) is 120 cm³/mol. The summed E-state index contributed by atoms with van der Waals surface area (Å²) in [5, 5.41) is 7.89. The van der Waals surface area contributed by atoms with E-state index in [-0.39, 0.29) is 11.5 Å². The molecule has 0 radical (unpaired) electrons. The second-order valence-electron chi connectivity index (χ2n) is 8.02.